The highest BCUT2D eigenvalue weighted by molar-refractivity contribution is 4.63. The van der Waals surface area contributed by atoms with Gasteiger partial charge in [0, 0.05) is 6.61 Å². The molecule has 0 aromatic heterocycles. The molecule has 0 saturated carbocycles. The van der Waals surface area contributed by atoms with E-state index in [0.717, 1.165) is 12.8 Å². The summed E-state index contributed by atoms with van der Waals surface area (Å²) in [6.45, 7) is 7.83. The highest BCUT2D eigenvalue weighted by Crippen LogP contribution is 2.12. The molecular weight excluding hydrogens is 152 g/mol. The van der Waals surface area contributed by atoms with E-state index in [1.807, 2.05) is 13.8 Å². The summed E-state index contributed by atoms with van der Waals surface area (Å²) >= 11 is 0. The third-order valence-electron chi connectivity index (χ3n) is 1.39. The van der Waals surface area contributed by atoms with Crippen molar-refractivity contribution >= 4 is 0 Å². The van der Waals surface area contributed by atoms with Crippen LogP contribution >= 0.6 is 0 Å². The van der Waals surface area contributed by atoms with Gasteiger partial charge in [0.2, 0.25) is 0 Å². The van der Waals surface area contributed by atoms with Gasteiger partial charge in [-0.25, -0.2) is 0 Å². The average molecular weight is 176 g/mol. The van der Waals surface area contributed by atoms with Crippen molar-refractivity contribution in [3.05, 3.63) is 0 Å². The number of hydrogen-bond donors (Lipinski definition) is 2. The third kappa shape index (κ3) is 22.5. The first kappa shape index (κ1) is 14.4. The molecule has 0 amide bonds. The number of rotatable bonds is 4. The minimum absolute atomic E-state index is 0.250. The Morgan fingerprint density at radius 3 is 1.75 bits per heavy atom. The van der Waals surface area contributed by atoms with Gasteiger partial charge in [0.25, 0.3) is 0 Å². The van der Waals surface area contributed by atoms with Crippen LogP contribution in [0.4, 0.5) is 0 Å². The van der Waals surface area contributed by atoms with Crippen molar-refractivity contribution in [3.8, 4) is 0 Å². The molecule has 0 aliphatic rings. The second-order valence-corrected chi connectivity index (χ2v) is 3.59. The van der Waals surface area contributed by atoms with Gasteiger partial charge in [0.05, 0.1) is 5.60 Å². The molecule has 0 unspecified atom stereocenters. The Bertz CT molecular complexity index is 74.4. The van der Waals surface area contributed by atoms with Crippen LogP contribution in [-0.2, 0) is 0 Å². The zero-order valence-corrected chi connectivity index (χ0v) is 8.93. The standard InChI is InChI=1S/C8H18O.C2H6O/c1-4-5-6-7-8(2,3)9;1-2-3/h9H,4-7H2,1-3H3;3H,2H2,1H3. The van der Waals surface area contributed by atoms with Crippen LogP contribution in [0.5, 0.6) is 0 Å². The lowest BCUT2D eigenvalue weighted by molar-refractivity contribution is 0.0682. The largest absolute Gasteiger partial charge is 0.397 e. The monoisotopic (exact) mass is 176 g/mol. The molecule has 0 atom stereocenters. The lowest BCUT2D eigenvalue weighted by Crippen LogP contribution is -2.17. The van der Waals surface area contributed by atoms with Crippen molar-refractivity contribution < 1.29 is 10.2 Å². The molecule has 0 radical (unpaired) electrons. The van der Waals surface area contributed by atoms with Gasteiger partial charge < -0.3 is 10.2 Å². The Morgan fingerprint density at radius 1 is 1.08 bits per heavy atom. The SMILES string of the molecule is CCCCCC(C)(C)O.CCO. The lowest BCUT2D eigenvalue weighted by Gasteiger charge is -2.15. The molecule has 0 heterocycles. The molecule has 76 valence electrons. The fourth-order valence-electron chi connectivity index (χ4n) is 0.808. The number of hydrogen-bond acceptors (Lipinski definition) is 2. The summed E-state index contributed by atoms with van der Waals surface area (Å²) in [5.41, 5.74) is -0.449. The second-order valence-electron chi connectivity index (χ2n) is 3.59. The summed E-state index contributed by atoms with van der Waals surface area (Å²) in [6, 6.07) is 0. The van der Waals surface area contributed by atoms with E-state index in [0.29, 0.717) is 0 Å². The van der Waals surface area contributed by atoms with Gasteiger partial charge in [-0.05, 0) is 27.2 Å². The molecular formula is C10H24O2. The molecule has 2 heteroatoms. The van der Waals surface area contributed by atoms with Gasteiger partial charge in [-0.3, -0.25) is 0 Å². The summed E-state index contributed by atoms with van der Waals surface area (Å²) in [5.74, 6) is 0. The van der Waals surface area contributed by atoms with Crippen LogP contribution in [0, 0.1) is 0 Å². The number of aliphatic hydroxyl groups excluding tert-OH is 1. The molecule has 0 fully saturated rings. The van der Waals surface area contributed by atoms with Gasteiger partial charge in [-0.1, -0.05) is 26.2 Å². The summed E-state index contributed by atoms with van der Waals surface area (Å²) in [6.07, 6.45) is 4.56. The maximum absolute atomic E-state index is 9.24. The Kier molecular flexibility index (Phi) is 10.8. The molecule has 0 aromatic rings. The molecule has 0 aliphatic carbocycles. The molecule has 0 bridgehead atoms. The summed E-state index contributed by atoms with van der Waals surface area (Å²) in [5, 5.41) is 16.8. The smallest absolute Gasteiger partial charge is 0.0591 e. The van der Waals surface area contributed by atoms with E-state index in [2.05, 4.69) is 6.92 Å². The maximum atomic E-state index is 9.24. The summed E-state index contributed by atoms with van der Waals surface area (Å²) in [4.78, 5) is 0. The quantitative estimate of drug-likeness (QED) is 0.645. The van der Waals surface area contributed by atoms with Crippen molar-refractivity contribution in [2.24, 2.45) is 0 Å². The van der Waals surface area contributed by atoms with Crippen LogP contribution in [0.3, 0.4) is 0 Å². The van der Waals surface area contributed by atoms with E-state index in [-0.39, 0.29) is 6.61 Å². The van der Waals surface area contributed by atoms with E-state index < -0.39 is 5.60 Å². The third-order valence-corrected chi connectivity index (χ3v) is 1.39. The van der Waals surface area contributed by atoms with Gasteiger partial charge in [-0.2, -0.15) is 0 Å². The Labute approximate surface area is 76.6 Å². The van der Waals surface area contributed by atoms with Gasteiger partial charge in [0.15, 0.2) is 0 Å². The predicted molar refractivity (Wildman–Crippen MR) is 53.2 cm³/mol. The van der Waals surface area contributed by atoms with E-state index >= 15 is 0 Å². The highest BCUT2D eigenvalue weighted by Gasteiger charge is 2.10. The zero-order chi connectivity index (χ0) is 10.0. The minimum Gasteiger partial charge on any atom is -0.397 e. The molecule has 0 rings (SSSR count). The Balaban J connectivity index is 0. The Hall–Kier alpha value is -0.0800. The normalized spacial score (nSPS) is 10.5. The van der Waals surface area contributed by atoms with Crippen LogP contribution in [0.25, 0.3) is 0 Å². The summed E-state index contributed by atoms with van der Waals surface area (Å²) < 4.78 is 0. The first-order chi connectivity index (χ1) is 5.47. The second kappa shape index (κ2) is 9.01. The van der Waals surface area contributed by atoms with Crippen LogP contribution in [-0.4, -0.2) is 22.4 Å². The fourth-order valence-corrected chi connectivity index (χ4v) is 0.808. The van der Waals surface area contributed by atoms with E-state index in [4.69, 9.17) is 5.11 Å². The van der Waals surface area contributed by atoms with Crippen LogP contribution in [0.2, 0.25) is 0 Å². The van der Waals surface area contributed by atoms with Gasteiger partial charge in [0.1, 0.15) is 0 Å². The summed E-state index contributed by atoms with van der Waals surface area (Å²) in [7, 11) is 0. The Morgan fingerprint density at radius 2 is 1.50 bits per heavy atom. The van der Waals surface area contributed by atoms with E-state index in [1.54, 1.807) is 6.92 Å². The average Bonchev–Trinajstić information content (AvgIpc) is 1.87. The molecule has 2 nitrogen and oxygen atoms in total. The highest BCUT2D eigenvalue weighted by atomic mass is 16.3. The zero-order valence-electron chi connectivity index (χ0n) is 8.93. The van der Waals surface area contributed by atoms with E-state index in [9.17, 15) is 5.11 Å². The van der Waals surface area contributed by atoms with Crippen molar-refractivity contribution in [2.75, 3.05) is 6.61 Å². The molecule has 0 aromatic carbocycles. The van der Waals surface area contributed by atoms with Crippen LogP contribution in [0.15, 0.2) is 0 Å². The molecule has 12 heavy (non-hydrogen) atoms. The maximum Gasteiger partial charge on any atom is 0.0591 e. The van der Waals surface area contributed by atoms with Crippen LogP contribution in [0.1, 0.15) is 53.4 Å². The molecule has 0 aliphatic heterocycles. The minimum atomic E-state index is -0.449. The first-order valence-electron chi connectivity index (χ1n) is 4.81. The van der Waals surface area contributed by atoms with Crippen molar-refractivity contribution in [3.63, 3.8) is 0 Å². The van der Waals surface area contributed by atoms with Crippen molar-refractivity contribution in [2.45, 2.75) is 59.0 Å². The molecule has 0 spiro atoms. The molecule has 0 saturated heterocycles. The fraction of sp³-hybridized carbons (Fsp3) is 1.00. The lowest BCUT2D eigenvalue weighted by atomic mass is 10.0. The van der Waals surface area contributed by atoms with E-state index in [1.165, 1.54) is 12.8 Å². The first-order valence-corrected chi connectivity index (χ1v) is 4.81. The van der Waals surface area contributed by atoms with Gasteiger partial charge >= 0.3 is 0 Å². The number of unbranched alkanes of at least 4 members (excludes halogenated alkanes) is 2. The topological polar surface area (TPSA) is 40.5 Å². The van der Waals surface area contributed by atoms with Crippen molar-refractivity contribution in [1.82, 2.24) is 0 Å². The van der Waals surface area contributed by atoms with Gasteiger partial charge in [-0.15, -0.1) is 0 Å². The van der Waals surface area contributed by atoms with Crippen LogP contribution < -0.4 is 0 Å². The number of aliphatic hydroxyl groups is 2. The predicted octanol–water partition coefficient (Wildman–Crippen LogP) is 2.34. The molecule has 2 N–H and O–H groups in total. The van der Waals surface area contributed by atoms with Crippen molar-refractivity contribution in [1.29, 1.82) is 0 Å².